The van der Waals surface area contributed by atoms with E-state index < -0.39 is 5.97 Å². The molecule has 0 atom stereocenters. The number of fused-ring (bicyclic) bond motifs is 3. The summed E-state index contributed by atoms with van der Waals surface area (Å²) >= 11 is 0. The Morgan fingerprint density at radius 1 is 1.07 bits per heavy atom. The third-order valence-corrected chi connectivity index (χ3v) is 4.45. The molecule has 0 unspecified atom stereocenters. The Kier molecular flexibility index (Phi) is 4.56. The Morgan fingerprint density at radius 2 is 1.81 bits per heavy atom. The first-order valence-electron chi connectivity index (χ1n) is 8.82. The fourth-order valence-corrected chi connectivity index (χ4v) is 3.32. The van der Waals surface area contributed by atoms with E-state index in [1.807, 2.05) is 59.2 Å². The number of esters is 1. The Balaban J connectivity index is 2.04. The minimum atomic E-state index is -0.512. The van der Waals surface area contributed by atoms with E-state index in [1.54, 1.807) is 6.92 Å². The van der Waals surface area contributed by atoms with Gasteiger partial charge in [0.05, 0.1) is 17.5 Å². The van der Waals surface area contributed by atoms with Gasteiger partial charge in [0.25, 0.3) is 0 Å². The maximum absolute atomic E-state index is 12.5. The molecule has 6 heteroatoms. The Morgan fingerprint density at radius 3 is 2.56 bits per heavy atom. The van der Waals surface area contributed by atoms with Gasteiger partial charge in [-0.25, -0.2) is 14.8 Å². The van der Waals surface area contributed by atoms with Crippen molar-refractivity contribution in [3.63, 3.8) is 0 Å². The van der Waals surface area contributed by atoms with Gasteiger partial charge >= 0.3 is 5.97 Å². The summed E-state index contributed by atoms with van der Waals surface area (Å²) in [6.07, 6.45) is 0. The van der Waals surface area contributed by atoms with Gasteiger partial charge in [0.2, 0.25) is 0 Å². The van der Waals surface area contributed by atoms with Crippen LogP contribution in [0.25, 0.3) is 21.9 Å². The number of hydrogen-bond donors (Lipinski definition) is 1. The van der Waals surface area contributed by atoms with Crippen LogP contribution in [0.5, 0.6) is 0 Å². The third kappa shape index (κ3) is 3.04. The Bertz CT molecular complexity index is 1120. The smallest absolute Gasteiger partial charge is 0.357 e. The molecule has 1 N–H and O–H groups in total. The number of para-hydroxylation sites is 1. The van der Waals surface area contributed by atoms with Crippen LogP contribution in [0, 0.1) is 0 Å². The lowest BCUT2D eigenvalue weighted by Gasteiger charge is -2.09. The molecule has 0 fully saturated rings. The van der Waals surface area contributed by atoms with Crippen LogP contribution in [0.3, 0.4) is 0 Å². The van der Waals surface area contributed by atoms with E-state index in [0.29, 0.717) is 17.6 Å². The molecule has 6 nitrogen and oxygen atoms in total. The summed E-state index contributed by atoms with van der Waals surface area (Å²) in [6.45, 7) is 2.24. The number of aliphatic hydroxyl groups is 1. The van der Waals surface area contributed by atoms with Gasteiger partial charge in [0.1, 0.15) is 12.3 Å². The highest BCUT2D eigenvalue weighted by Crippen LogP contribution is 2.31. The predicted molar refractivity (Wildman–Crippen MR) is 102 cm³/mol. The van der Waals surface area contributed by atoms with Crippen molar-refractivity contribution in [2.24, 2.45) is 0 Å². The molecular weight excluding hydrogens is 342 g/mol. The van der Waals surface area contributed by atoms with Crippen molar-refractivity contribution in [3.8, 4) is 0 Å². The Hall–Kier alpha value is -3.25. The van der Waals surface area contributed by atoms with Gasteiger partial charge in [0, 0.05) is 11.9 Å². The molecule has 0 radical (unpaired) electrons. The zero-order chi connectivity index (χ0) is 18.8. The minimum Gasteiger partial charge on any atom is -0.461 e. The van der Waals surface area contributed by atoms with E-state index in [-0.39, 0.29) is 24.7 Å². The second kappa shape index (κ2) is 7.17. The number of rotatable bonds is 5. The standard InChI is InChI=1S/C21H19N3O3/c1-2-27-21(26)19-18-15-10-6-7-11-16(15)24(12-14-8-4-3-5-9-14)20(18)23-17(13-25)22-19/h3-11,25H,2,12-13H2,1H3. The van der Waals surface area contributed by atoms with Gasteiger partial charge in [-0.3, -0.25) is 0 Å². The lowest BCUT2D eigenvalue weighted by molar-refractivity contribution is 0.0521. The fourth-order valence-electron chi connectivity index (χ4n) is 3.32. The molecule has 136 valence electrons. The summed E-state index contributed by atoms with van der Waals surface area (Å²) in [7, 11) is 0. The zero-order valence-electron chi connectivity index (χ0n) is 14.9. The molecule has 0 saturated carbocycles. The maximum Gasteiger partial charge on any atom is 0.357 e. The van der Waals surface area contributed by atoms with Gasteiger partial charge in [-0.2, -0.15) is 0 Å². The van der Waals surface area contributed by atoms with E-state index >= 15 is 0 Å². The molecule has 2 heterocycles. The lowest BCUT2D eigenvalue weighted by atomic mass is 10.1. The molecule has 0 saturated heterocycles. The number of nitrogens with zero attached hydrogens (tertiary/aromatic N) is 3. The molecular formula is C21H19N3O3. The van der Waals surface area contributed by atoms with Crippen LogP contribution in [-0.4, -0.2) is 32.2 Å². The van der Waals surface area contributed by atoms with E-state index in [1.165, 1.54) is 0 Å². The highest BCUT2D eigenvalue weighted by Gasteiger charge is 2.22. The Labute approximate surface area is 156 Å². The molecule has 0 aliphatic rings. The van der Waals surface area contributed by atoms with Crippen LogP contribution in [-0.2, 0) is 17.9 Å². The number of carbonyl (C=O) groups is 1. The normalized spacial score (nSPS) is 11.2. The second-order valence-electron chi connectivity index (χ2n) is 6.15. The first-order chi connectivity index (χ1) is 13.2. The van der Waals surface area contributed by atoms with Gasteiger partial charge in [-0.15, -0.1) is 0 Å². The third-order valence-electron chi connectivity index (χ3n) is 4.45. The first-order valence-corrected chi connectivity index (χ1v) is 8.82. The van der Waals surface area contributed by atoms with Crippen molar-refractivity contribution >= 4 is 27.9 Å². The average molecular weight is 361 g/mol. The summed E-state index contributed by atoms with van der Waals surface area (Å²) in [5.41, 5.74) is 2.87. The molecule has 0 aliphatic heterocycles. The average Bonchev–Trinajstić information content (AvgIpc) is 3.02. The molecule has 0 spiro atoms. The summed E-state index contributed by atoms with van der Waals surface area (Å²) in [4.78, 5) is 21.3. The van der Waals surface area contributed by atoms with Crippen LogP contribution >= 0.6 is 0 Å². The molecule has 0 aliphatic carbocycles. The highest BCUT2D eigenvalue weighted by atomic mass is 16.5. The van der Waals surface area contributed by atoms with Crippen LogP contribution in [0.1, 0.15) is 28.8 Å². The van der Waals surface area contributed by atoms with Crippen molar-refractivity contribution < 1.29 is 14.6 Å². The summed E-state index contributed by atoms with van der Waals surface area (Å²) in [5, 5.41) is 11.1. The van der Waals surface area contributed by atoms with Gasteiger partial charge in [0.15, 0.2) is 11.5 Å². The van der Waals surface area contributed by atoms with E-state index in [2.05, 4.69) is 9.97 Å². The summed E-state index contributed by atoms with van der Waals surface area (Å²) < 4.78 is 7.24. The number of ether oxygens (including phenoxy) is 1. The molecule has 4 aromatic rings. The largest absolute Gasteiger partial charge is 0.461 e. The number of carbonyl (C=O) groups excluding carboxylic acids is 1. The van der Waals surface area contributed by atoms with Crippen molar-refractivity contribution in [1.82, 2.24) is 14.5 Å². The summed E-state index contributed by atoms with van der Waals surface area (Å²) in [6, 6.07) is 17.8. The molecule has 27 heavy (non-hydrogen) atoms. The molecule has 2 aromatic heterocycles. The van der Waals surface area contributed by atoms with Crippen molar-refractivity contribution in [2.75, 3.05) is 6.61 Å². The highest BCUT2D eigenvalue weighted by molar-refractivity contribution is 6.15. The minimum absolute atomic E-state index is 0.189. The molecule has 4 rings (SSSR count). The molecule has 2 aromatic carbocycles. The monoisotopic (exact) mass is 361 g/mol. The van der Waals surface area contributed by atoms with E-state index in [4.69, 9.17) is 4.74 Å². The number of benzene rings is 2. The van der Waals surface area contributed by atoms with Crippen molar-refractivity contribution in [3.05, 3.63) is 71.7 Å². The van der Waals surface area contributed by atoms with Crippen LogP contribution in [0.15, 0.2) is 54.6 Å². The first kappa shape index (κ1) is 17.2. The number of hydrogen-bond acceptors (Lipinski definition) is 5. The quantitative estimate of drug-likeness (QED) is 0.552. The topological polar surface area (TPSA) is 77.2 Å². The predicted octanol–water partition coefficient (Wildman–Crippen LogP) is 3.30. The second-order valence-corrected chi connectivity index (χ2v) is 6.15. The SMILES string of the molecule is CCOC(=O)c1nc(CO)nc2c1c1ccccc1n2Cc1ccccc1. The number of aromatic nitrogens is 3. The van der Waals surface area contributed by atoms with Crippen molar-refractivity contribution in [2.45, 2.75) is 20.1 Å². The number of aliphatic hydroxyl groups excluding tert-OH is 1. The van der Waals surface area contributed by atoms with E-state index in [0.717, 1.165) is 16.5 Å². The van der Waals surface area contributed by atoms with E-state index in [9.17, 15) is 9.90 Å². The van der Waals surface area contributed by atoms with Gasteiger partial charge in [-0.05, 0) is 18.6 Å². The van der Waals surface area contributed by atoms with Gasteiger partial charge < -0.3 is 14.4 Å². The maximum atomic E-state index is 12.5. The van der Waals surface area contributed by atoms with Crippen LogP contribution in [0.2, 0.25) is 0 Å². The molecule has 0 bridgehead atoms. The van der Waals surface area contributed by atoms with Crippen LogP contribution in [0.4, 0.5) is 0 Å². The lowest BCUT2D eigenvalue weighted by Crippen LogP contribution is -2.11. The zero-order valence-corrected chi connectivity index (χ0v) is 14.9. The summed E-state index contributed by atoms with van der Waals surface area (Å²) in [5.74, 6) is -0.315. The van der Waals surface area contributed by atoms with Gasteiger partial charge in [-0.1, -0.05) is 48.5 Å². The van der Waals surface area contributed by atoms with Crippen molar-refractivity contribution in [1.29, 1.82) is 0 Å². The fraction of sp³-hybridized carbons (Fsp3) is 0.190. The molecule has 0 amide bonds. The van der Waals surface area contributed by atoms with Crippen LogP contribution < -0.4 is 0 Å².